The number of benzene rings is 2. The quantitative estimate of drug-likeness (QED) is 0.773. The Hall–Kier alpha value is -3.22. The summed E-state index contributed by atoms with van der Waals surface area (Å²) in [6.07, 6.45) is 0. The highest BCUT2D eigenvalue weighted by molar-refractivity contribution is 5.97. The topological polar surface area (TPSA) is 94.1 Å². The van der Waals surface area contributed by atoms with Gasteiger partial charge in [-0.15, -0.1) is 0 Å². The number of carboxylic acids is 1. The third kappa shape index (κ3) is 4.69. The second-order valence-corrected chi connectivity index (χ2v) is 6.13. The molecule has 0 aliphatic heterocycles. The molecule has 7 nitrogen and oxygen atoms in total. The minimum atomic E-state index is -1.14. The van der Waals surface area contributed by atoms with Crippen LogP contribution < -0.4 is 19.5 Å². The Bertz CT molecular complexity index is 852. The first kappa shape index (κ1) is 20.1. The van der Waals surface area contributed by atoms with Gasteiger partial charge in [-0.3, -0.25) is 4.79 Å². The lowest BCUT2D eigenvalue weighted by Gasteiger charge is -2.16. The fraction of sp³-hybridized carbons (Fsp3) is 0.300. The predicted octanol–water partition coefficient (Wildman–Crippen LogP) is 3.34. The van der Waals surface area contributed by atoms with Gasteiger partial charge in [-0.25, -0.2) is 4.79 Å². The highest BCUT2D eigenvalue weighted by Crippen LogP contribution is 2.36. The van der Waals surface area contributed by atoms with Crippen molar-refractivity contribution in [3.8, 4) is 17.2 Å². The summed E-state index contributed by atoms with van der Waals surface area (Å²) in [6, 6.07) is 6.59. The van der Waals surface area contributed by atoms with Gasteiger partial charge in [0, 0.05) is 0 Å². The first-order valence-corrected chi connectivity index (χ1v) is 8.26. The number of carboxylic acid groups (broad SMARTS) is 1. The molecule has 0 bridgehead atoms. The van der Waals surface area contributed by atoms with Gasteiger partial charge in [-0.2, -0.15) is 0 Å². The van der Waals surface area contributed by atoms with Crippen LogP contribution in [-0.2, 0) is 4.79 Å². The Morgan fingerprint density at radius 3 is 2.11 bits per heavy atom. The Morgan fingerprint density at radius 2 is 1.59 bits per heavy atom. The molecule has 144 valence electrons. The number of aryl methyl sites for hydroxylation is 3. The molecule has 0 spiro atoms. The zero-order valence-electron chi connectivity index (χ0n) is 16.0. The standard InChI is InChI=1S/C20H23NO6/c1-11-6-12(2)18(13(3)7-11)27-10-17(22)21-15-8-14(20(23)24)9-16(25-4)19(15)26-5/h6-9H,10H2,1-5H3,(H,21,22)(H,23,24). The van der Waals surface area contributed by atoms with E-state index in [9.17, 15) is 14.7 Å². The smallest absolute Gasteiger partial charge is 0.335 e. The van der Waals surface area contributed by atoms with Crippen molar-refractivity contribution >= 4 is 17.6 Å². The van der Waals surface area contributed by atoms with E-state index < -0.39 is 11.9 Å². The molecule has 27 heavy (non-hydrogen) atoms. The third-order valence-electron chi connectivity index (χ3n) is 3.95. The van der Waals surface area contributed by atoms with E-state index in [1.807, 2.05) is 32.9 Å². The normalized spacial score (nSPS) is 10.3. The van der Waals surface area contributed by atoms with Crippen molar-refractivity contribution in [2.24, 2.45) is 0 Å². The average Bonchev–Trinajstić information content (AvgIpc) is 2.59. The monoisotopic (exact) mass is 373 g/mol. The number of anilines is 1. The van der Waals surface area contributed by atoms with Crippen molar-refractivity contribution in [2.45, 2.75) is 20.8 Å². The van der Waals surface area contributed by atoms with Crippen molar-refractivity contribution in [3.63, 3.8) is 0 Å². The first-order chi connectivity index (χ1) is 12.8. The molecule has 0 heterocycles. The van der Waals surface area contributed by atoms with Gasteiger partial charge < -0.3 is 24.6 Å². The van der Waals surface area contributed by atoms with Crippen molar-refractivity contribution in [2.75, 3.05) is 26.1 Å². The number of rotatable bonds is 7. The molecule has 0 unspecified atom stereocenters. The Labute approximate surface area is 157 Å². The molecular formula is C20H23NO6. The Balaban J connectivity index is 2.20. The minimum absolute atomic E-state index is 0.0332. The van der Waals surface area contributed by atoms with Gasteiger partial charge >= 0.3 is 5.97 Å². The summed E-state index contributed by atoms with van der Waals surface area (Å²) in [5.74, 6) is -0.497. The van der Waals surface area contributed by atoms with Crippen molar-refractivity contribution < 1.29 is 28.9 Å². The molecular weight excluding hydrogens is 350 g/mol. The van der Waals surface area contributed by atoms with E-state index in [1.165, 1.54) is 26.4 Å². The van der Waals surface area contributed by atoms with E-state index >= 15 is 0 Å². The fourth-order valence-electron chi connectivity index (χ4n) is 2.90. The molecule has 2 aromatic carbocycles. The molecule has 0 radical (unpaired) electrons. The van der Waals surface area contributed by atoms with Gasteiger partial charge in [0.2, 0.25) is 0 Å². The maximum atomic E-state index is 12.3. The highest BCUT2D eigenvalue weighted by atomic mass is 16.5. The molecule has 7 heteroatoms. The van der Waals surface area contributed by atoms with Crippen LogP contribution in [0.5, 0.6) is 17.2 Å². The van der Waals surface area contributed by atoms with Crippen LogP contribution in [-0.4, -0.2) is 37.8 Å². The van der Waals surface area contributed by atoms with E-state index in [2.05, 4.69) is 5.32 Å². The molecule has 0 aliphatic rings. The lowest BCUT2D eigenvalue weighted by atomic mass is 10.1. The summed E-state index contributed by atoms with van der Waals surface area (Å²) in [6.45, 7) is 5.59. The van der Waals surface area contributed by atoms with E-state index in [1.54, 1.807) is 0 Å². The SMILES string of the molecule is COc1cc(C(=O)O)cc(NC(=O)COc2c(C)cc(C)cc2C)c1OC. The molecule has 2 aromatic rings. The molecule has 0 aromatic heterocycles. The minimum Gasteiger partial charge on any atom is -0.493 e. The van der Waals surface area contributed by atoms with Crippen molar-refractivity contribution in [3.05, 3.63) is 46.5 Å². The zero-order valence-corrected chi connectivity index (χ0v) is 16.0. The second-order valence-electron chi connectivity index (χ2n) is 6.13. The van der Waals surface area contributed by atoms with Crippen LogP contribution in [0, 0.1) is 20.8 Å². The van der Waals surface area contributed by atoms with Crippen LogP contribution >= 0.6 is 0 Å². The molecule has 0 saturated carbocycles. The predicted molar refractivity (Wildman–Crippen MR) is 101 cm³/mol. The number of amides is 1. The van der Waals surface area contributed by atoms with E-state index in [0.29, 0.717) is 5.75 Å². The summed E-state index contributed by atoms with van der Waals surface area (Å²) in [7, 11) is 2.80. The van der Waals surface area contributed by atoms with Gasteiger partial charge in [0.05, 0.1) is 25.5 Å². The molecule has 0 saturated heterocycles. The van der Waals surface area contributed by atoms with Crippen LogP contribution in [0.3, 0.4) is 0 Å². The van der Waals surface area contributed by atoms with Crippen LogP contribution in [0.2, 0.25) is 0 Å². The number of carbonyl (C=O) groups excluding carboxylic acids is 1. The number of aromatic carboxylic acids is 1. The number of carbonyl (C=O) groups is 2. The summed E-state index contributed by atoms with van der Waals surface area (Å²) in [4.78, 5) is 23.6. The van der Waals surface area contributed by atoms with Gasteiger partial charge in [0.15, 0.2) is 18.1 Å². The van der Waals surface area contributed by atoms with Crippen LogP contribution in [0.1, 0.15) is 27.0 Å². The van der Waals surface area contributed by atoms with E-state index in [-0.39, 0.29) is 29.4 Å². The molecule has 1 amide bonds. The zero-order chi connectivity index (χ0) is 20.1. The summed E-state index contributed by atoms with van der Waals surface area (Å²) in [5, 5.41) is 11.8. The maximum absolute atomic E-state index is 12.3. The van der Waals surface area contributed by atoms with E-state index in [0.717, 1.165) is 16.7 Å². The van der Waals surface area contributed by atoms with Crippen LogP contribution in [0.25, 0.3) is 0 Å². The fourth-order valence-corrected chi connectivity index (χ4v) is 2.90. The molecule has 2 rings (SSSR count). The summed E-state index contributed by atoms with van der Waals surface area (Å²) in [5.41, 5.74) is 3.15. The Kier molecular flexibility index (Phi) is 6.28. The second kappa shape index (κ2) is 8.44. The first-order valence-electron chi connectivity index (χ1n) is 8.26. The van der Waals surface area contributed by atoms with Crippen LogP contribution in [0.15, 0.2) is 24.3 Å². The van der Waals surface area contributed by atoms with E-state index in [4.69, 9.17) is 14.2 Å². The number of ether oxygens (including phenoxy) is 3. The van der Waals surface area contributed by atoms with Crippen molar-refractivity contribution in [1.29, 1.82) is 0 Å². The highest BCUT2D eigenvalue weighted by Gasteiger charge is 2.18. The summed E-state index contributed by atoms with van der Waals surface area (Å²) < 4.78 is 16.1. The van der Waals surface area contributed by atoms with Gasteiger partial charge in [-0.1, -0.05) is 17.7 Å². The largest absolute Gasteiger partial charge is 0.493 e. The third-order valence-corrected chi connectivity index (χ3v) is 3.95. The molecule has 0 fully saturated rings. The maximum Gasteiger partial charge on any atom is 0.335 e. The van der Waals surface area contributed by atoms with Gasteiger partial charge in [0.25, 0.3) is 5.91 Å². The molecule has 0 atom stereocenters. The van der Waals surface area contributed by atoms with Crippen LogP contribution in [0.4, 0.5) is 5.69 Å². The average molecular weight is 373 g/mol. The number of nitrogens with one attached hydrogen (secondary N) is 1. The Morgan fingerprint density at radius 1 is 0.963 bits per heavy atom. The lowest BCUT2D eigenvalue weighted by molar-refractivity contribution is -0.118. The number of hydrogen-bond acceptors (Lipinski definition) is 5. The number of hydrogen-bond donors (Lipinski definition) is 2. The van der Waals surface area contributed by atoms with Crippen molar-refractivity contribution in [1.82, 2.24) is 0 Å². The van der Waals surface area contributed by atoms with Gasteiger partial charge in [0.1, 0.15) is 5.75 Å². The molecule has 0 aliphatic carbocycles. The summed E-state index contributed by atoms with van der Waals surface area (Å²) >= 11 is 0. The lowest BCUT2D eigenvalue weighted by Crippen LogP contribution is -2.21. The number of methoxy groups -OCH3 is 2. The van der Waals surface area contributed by atoms with Gasteiger partial charge in [-0.05, 0) is 44.0 Å². The molecule has 2 N–H and O–H groups in total.